The molecule has 0 spiro atoms. The van der Waals surface area contributed by atoms with Crippen LogP contribution in [0.2, 0.25) is 0 Å². The zero-order chi connectivity index (χ0) is 36.2. The summed E-state index contributed by atoms with van der Waals surface area (Å²) >= 11 is 0. The summed E-state index contributed by atoms with van der Waals surface area (Å²) in [5.41, 5.74) is 13.3. The molecule has 4 nitrogen and oxygen atoms in total. The number of hydrogen-bond acceptors (Lipinski definition) is 4. The molecule has 0 bridgehead atoms. The van der Waals surface area contributed by atoms with Crippen molar-refractivity contribution >= 4 is 22.3 Å². The standard InChI is InChI=1S/C48H34N4/c1-31-7-6-10-41(25-31)37-18-22-40(23-19-37)46-47(42(29-51)30-52)44(39-20-16-36(17-21-39)35-8-4-3-5-9-35)45(38-14-11-33(27-49)12-15-38)48(46)43-24-13-34(28-50)26-32(43)2/h3-6,8-25,31-32H,7,26H2,1-2H3. The van der Waals surface area contributed by atoms with Gasteiger partial charge >= 0.3 is 0 Å². The molecule has 3 aliphatic rings. The van der Waals surface area contributed by atoms with Gasteiger partial charge in [-0.1, -0.05) is 129 Å². The van der Waals surface area contributed by atoms with Crippen LogP contribution >= 0.6 is 0 Å². The first-order valence-corrected chi connectivity index (χ1v) is 17.4. The monoisotopic (exact) mass is 666 g/mol. The van der Waals surface area contributed by atoms with E-state index in [2.05, 4.69) is 117 Å². The van der Waals surface area contributed by atoms with Gasteiger partial charge in [-0.15, -0.1) is 0 Å². The van der Waals surface area contributed by atoms with Crippen molar-refractivity contribution in [1.82, 2.24) is 0 Å². The highest BCUT2D eigenvalue weighted by Gasteiger charge is 2.37. The molecule has 0 aliphatic heterocycles. The van der Waals surface area contributed by atoms with Crippen LogP contribution in [0, 0.1) is 57.2 Å². The van der Waals surface area contributed by atoms with Crippen LogP contribution in [0.25, 0.3) is 33.4 Å². The lowest BCUT2D eigenvalue weighted by atomic mass is 9.79. The average Bonchev–Trinajstić information content (AvgIpc) is 3.54. The molecule has 3 aliphatic carbocycles. The minimum Gasteiger partial charge on any atom is -0.193 e. The van der Waals surface area contributed by atoms with Gasteiger partial charge in [0.05, 0.1) is 17.7 Å². The van der Waals surface area contributed by atoms with Crippen molar-refractivity contribution < 1.29 is 0 Å². The van der Waals surface area contributed by atoms with Crippen molar-refractivity contribution in [1.29, 1.82) is 21.0 Å². The Morgan fingerprint density at radius 2 is 1.13 bits per heavy atom. The second kappa shape index (κ2) is 14.5. The van der Waals surface area contributed by atoms with Gasteiger partial charge in [0.25, 0.3) is 0 Å². The van der Waals surface area contributed by atoms with Crippen molar-refractivity contribution in [3.05, 3.63) is 189 Å². The lowest BCUT2D eigenvalue weighted by Crippen LogP contribution is -2.09. The number of hydrogen-bond donors (Lipinski definition) is 0. The van der Waals surface area contributed by atoms with Gasteiger partial charge in [-0.05, 0) is 104 Å². The van der Waals surface area contributed by atoms with E-state index in [1.54, 1.807) is 12.1 Å². The van der Waals surface area contributed by atoms with Crippen molar-refractivity contribution in [3.63, 3.8) is 0 Å². The Balaban J connectivity index is 1.55. The Labute approximate surface area is 305 Å². The lowest BCUT2D eigenvalue weighted by Gasteiger charge is -2.24. The second-order valence-corrected chi connectivity index (χ2v) is 13.5. The van der Waals surface area contributed by atoms with Crippen molar-refractivity contribution in [3.8, 4) is 35.4 Å². The number of nitriles is 4. The van der Waals surface area contributed by atoms with Crippen LogP contribution in [-0.4, -0.2) is 0 Å². The molecular formula is C48H34N4. The minimum absolute atomic E-state index is 0.0198. The van der Waals surface area contributed by atoms with Gasteiger partial charge in [0.2, 0.25) is 0 Å². The smallest absolute Gasteiger partial charge is 0.138 e. The number of rotatable bonds is 6. The van der Waals surface area contributed by atoms with E-state index in [0.717, 1.165) is 67.7 Å². The largest absolute Gasteiger partial charge is 0.193 e. The van der Waals surface area contributed by atoms with Gasteiger partial charge < -0.3 is 0 Å². The molecule has 2 unspecified atom stereocenters. The van der Waals surface area contributed by atoms with Crippen LogP contribution in [0.3, 0.4) is 0 Å². The van der Waals surface area contributed by atoms with E-state index in [1.807, 2.05) is 42.5 Å². The second-order valence-electron chi connectivity index (χ2n) is 13.5. The third-order valence-electron chi connectivity index (χ3n) is 10.0. The normalized spacial score (nSPS) is 18.0. The number of allylic oxidation sites excluding steroid dienone is 14. The van der Waals surface area contributed by atoms with Crippen LogP contribution in [0.1, 0.15) is 54.5 Å². The Hall–Kier alpha value is -6.98. The highest BCUT2D eigenvalue weighted by molar-refractivity contribution is 6.23. The summed E-state index contributed by atoms with van der Waals surface area (Å²) in [5, 5.41) is 40.7. The molecule has 7 rings (SSSR count). The molecule has 4 aromatic rings. The van der Waals surface area contributed by atoms with Gasteiger partial charge in [-0.25, -0.2) is 0 Å². The summed E-state index contributed by atoms with van der Waals surface area (Å²) in [7, 11) is 0. The summed E-state index contributed by atoms with van der Waals surface area (Å²) in [6, 6.07) is 43.4. The van der Waals surface area contributed by atoms with E-state index < -0.39 is 0 Å². The number of benzene rings is 4. The fourth-order valence-corrected chi connectivity index (χ4v) is 7.47. The lowest BCUT2D eigenvalue weighted by molar-refractivity contribution is 0.684. The van der Waals surface area contributed by atoms with Gasteiger partial charge in [0.15, 0.2) is 0 Å². The Bertz CT molecular complexity index is 2450. The summed E-state index contributed by atoms with van der Waals surface area (Å²) in [4.78, 5) is 0. The molecule has 4 aromatic carbocycles. The Morgan fingerprint density at radius 1 is 0.577 bits per heavy atom. The fraction of sp³-hybridized carbons (Fsp3) is 0.125. The Morgan fingerprint density at radius 3 is 1.71 bits per heavy atom. The van der Waals surface area contributed by atoms with Crippen molar-refractivity contribution in [2.24, 2.45) is 11.8 Å². The first kappa shape index (κ1) is 33.5. The highest BCUT2D eigenvalue weighted by Crippen LogP contribution is 2.56. The number of nitrogens with zero attached hydrogens (tertiary/aromatic N) is 4. The van der Waals surface area contributed by atoms with Crippen LogP contribution < -0.4 is 0 Å². The zero-order valence-corrected chi connectivity index (χ0v) is 29.1. The summed E-state index contributed by atoms with van der Waals surface area (Å²) < 4.78 is 0. The predicted molar refractivity (Wildman–Crippen MR) is 208 cm³/mol. The van der Waals surface area contributed by atoms with E-state index in [0.29, 0.717) is 29.0 Å². The molecule has 0 N–H and O–H groups in total. The third kappa shape index (κ3) is 6.28. The van der Waals surface area contributed by atoms with E-state index in [-0.39, 0.29) is 11.5 Å². The van der Waals surface area contributed by atoms with Gasteiger partial charge in [-0.3, -0.25) is 0 Å². The van der Waals surface area contributed by atoms with Crippen LogP contribution in [0.15, 0.2) is 161 Å². The van der Waals surface area contributed by atoms with E-state index in [9.17, 15) is 21.0 Å². The third-order valence-corrected chi connectivity index (χ3v) is 10.0. The Kier molecular flexibility index (Phi) is 9.33. The molecule has 246 valence electrons. The molecule has 52 heavy (non-hydrogen) atoms. The van der Waals surface area contributed by atoms with E-state index >= 15 is 0 Å². The molecule has 0 aromatic heterocycles. The molecule has 0 saturated carbocycles. The molecular weight excluding hydrogens is 633 g/mol. The van der Waals surface area contributed by atoms with Crippen LogP contribution in [0.5, 0.6) is 0 Å². The first-order chi connectivity index (χ1) is 25.4. The van der Waals surface area contributed by atoms with Crippen LogP contribution in [0.4, 0.5) is 0 Å². The average molecular weight is 667 g/mol. The fourth-order valence-electron chi connectivity index (χ4n) is 7.47. The maximum Gasteiger partial charge on any atom is 0.138 e. The maximum absolute atomic E-state index is 10.6. The minimum atomic E-state index is -0.0231. The van der Waals surface area contributed by atoms with Gasteiger partial charge in [0.1, 0.15) is 17.7 Å². The van der Waals surface area contributed by atoms with Gasteiger partial charge in [-0.2, -0.15) is 21.0 Å². The predicted octanol–water partition coefficient (Wildman–Crippen LogP) is 11.3. The molecule has 0 radical (unpaired) electrons. The van der Waals surface area contributed by atoms with Crippen molar-refractivity contribution in [2.45, 2.75) is 26.7 Å². The van der Waals surface area contributed by atoms with Crippen LogP contribution in [-0.2, 0) is 0 Å². The SMILES string of the molecule is CC1C=C(c2ccc(C3=C(C4=CC=C(C#N)CC4C)C(c4ccc(C#N)cc4)=C(c4ccc(-c5ccccc5)cc4)C3=C(C#N)C#N)cc2)C=CC1. The molecule has 4 heteroatoms. The van der Waals surface area contributed by atoms with E-state index in [1.165, 1.54) is 5.57 Å². The maximum atomic E-state index is 10.6. The van der Waals surface area contributed by atoms with E-state index in [4.69, 9.17) is 0 Å². The molecule has 2 atom stereocenters. The highest BCUT2D eigenvalue weighted by atomic mass is 14.4. The van der Waals surface area contributed by atoms with Gasteiger partial charge in [0, 0.05) is 16.7 Å². The first-order valence-electron chi connectivity index (χ1n) is 17.4. The molecule has 0 amide bonds. The summed E-state index contributed by atoms with van der Waals surface area (Å²) in [6.07, 6.45) is 12.2. The molecule has 0 fully saturated rings. The summed E-state index contributed by atoms with van der Waals surface area (Å²) in [5.74, 6) is 0.429. The quantitative estimate of drug-likeness (QED) is 0.191. The summed E-state index contributed by atoms with van der Waals surface area (Å²) in [6.45, 7) is 4.33. The van der Waals surface area contributed by atoms with Crippen molar-refractivity contribution in [2.75, 3.05) is 0 Å². The zero-order valence-electron chi connectivity index (χ0n) is 29.1. The molecule has 0 saturated heterocycles. The topological polar surface area (TPSA) is 95.2 Å². The molecule has 0 heterocycles.